The van der Waals surface area contributed by atoms with Crippen LogP contribution in [0.1, 0.15) is 25.2 Å². The third-order valence-corrected chi connectivity index (χ3v) is 1.91. The fourth-order valence-corrected chi connectivity index (χ4v) is 1.29. The predicted molar refractivity (Wildman–Crippen MR) is 33.1 cm³/mol. The van der Waals surface area contributed by atoms with E-state index in [1.165, 1.54) is 6.42 Å². The highest BCUT2D eigenvalue weighted by atomic mass is 15.3. The van der Waals surface area contributed by atoms with Gasteiger partial charge in [-0.2, -0.15) is 0 Å². The summed E-state index contributed by atoms with van der Waals surface area (Å²) in [6.07, 6.45) is 4.14. The summed E-state index contributed by atoms with van der Waals surface area (Å²) in [7, 11) is 0. The van der Waals surface area contributed by atoms with Gasteiger partial charge in [-0.05, 0) is 13.3 Å². The number of fused-ring (bicyclic) bond motifs is 1. The summed E-state index contributed by atoms with van der Waals surface area (Å²) in [6.45, 7) is 2.19. The summed E-state index contributed by atoms with van der Waals surface area (Å²) >= 11 is 0. The molecule has 2 heterocycles. The highest BCUT2D eigenvalue weighted by molar-refractivity contribution is 4.95. The lowest BCUT2D eigenvalue weighted by molar-refractivity contribution is 0.576. The van der Waals surface area contributed by atoms with Gasteiger partial charge in [-0.25, -0.2) is 0 Å². The summed E-state index contributed by atoms with van der Waals surface area (Å²) in [6, 6.07) is 0.620. The largest absolute Gasteiger partial charge is 0.315 e. The van der Waals surface area contributed by atoms with Crippen LogP contribution in [0.15, 0.2) is 6.33 Å². The van der Waals surface area contributed by atoms with E-state index in [4.69, 9.17) is 0 Å². The van der Waals surface area contributed by atoms with Crippen LogP contribution >= 0.6 is 0 Å². The van der Waals surface area contributed by atoms with Crippen molar-refractivity contribution < 1.29 is 0 Å². The molecule has 0 saturated heterocycles. The predicted octanol–water partition coefficient (Wildman–Crippen LogP) is 0.785. The molecule has 9 heavy (non-hydrogen) atoms. The van der Waals surface area contributed by atoms with Gasteiger partial charge in [-0.3, -0.25) is 0 Å². The first-order valence-electron chi connectivity index (χ1n) is 3.26. The topological polar surface area (TPSA) is 30.7 Å². The Balaban J connectivity index is 2.49. The minimum absolute atomic E-state index is 0.620. The van der Waals surface area contributed by atoms with Crippen molar-refractivity contribution in [2.45, 2.75) is 25.8 Å². The quantitative estimate of drug-likeness (QED) is 0.510. The van der Waals surface area contributed by atoms with Crippen LogP contribution in [0.2, 0.25) is 0 Å². The fourth-order valence-electron chi connectivity index (χ4n) is 1.29. The van der Waals surface area contributed by atoms with Crippen molar-refractivity contribution in [3.63, 3.8) is 0 Å². The van der Waals surface area contributed by atoms with Crippen LogP contribution in [-0.2, 0) is 6.42 Å². The second kappa shape index (κ2) is 1.56. The minimum atomic E-state index is 0.620. The van der Waals surface area contributed by atoms with Crippen LogP contribution in [0.4, 0.5) is 0 Å². The Kier molecular flexibility index (Phi) is 0.860. The standard InChI is InChI=1S/C6H9N3/c1-5-2-3-6-8-7-4-9(5)6/h4-5H,2-3H2,1H3. The molecule has 1 unspecified atom stereocenters. The van der Waals surface area contributed by atoms with Crippen LogP contribution in [-0.4, -0.2) is 14.8 Å². The maximum atomic E-state index is 3.96. The molecule has 2 rings (SSSR count). The molecule has 3 heteroatoms. The average molecular weight is 123 g/mol. The summed E-state index contributed by atoms with van der Waals surface area (Å²) in [5, 5.41) is 7.77. The second-order valence-corrected chi connectivity index (χ2v) is 2.54. The van der Waals surface area contributed by atoms with Crippen LogP contribution in [0.3, 0.4) is 0 Å². The van der Waals surface area contributed by atoms with E-state index in [1.54, 1.807) is 0 Å². The molecule has 0 spiro atoms. The van der Waals surface area contributed by atoms with Crippen molar-refractivity contribution in [1.29, 1.82) is 0 Å². The van der Waals surface area contributed by atoms with Crippen molar-refractivity contribution in [3.05, 3.63) is 12.2 Å². The van der Waals surface area contributed by atoms with E-state index in [0.717, 1.165) is 12.2 Å². The zero-order chi connectivity index (χ0) is 6.27. The molecule has 0 amide bonds. The maximum absolute atomic E-state index is 3.96. The lowest BCUT2D eigenvalue weighted by atomic mass is 10.2. The van der Waals surface area contributed by atoms with Crippen molar-refractivity contribution in [1.82, 2.24) is 14.8 Å². The average Bonchev–Trinajstić information content (AvgIpc) is 2.35. The molecule has 1 aliphatic heterocycles. The minimum Gasteiger partial charge on any atom is -0.315 e. The molecule has 0 aromatic carbocycles. The Bertz CT molecular complexity index is 216. The molecular weight excluding hydrogens is 114 g/mol. The van der Waals surface area contributed by atoms with E-state index < -0.39 is 0 Å². The Morgan fingerprint density at radius 3 is 3.44 bits per heavy atom. The zero-order valence-electron chi connectivity index (χ0n) is 5.41. The maximum Gasteiger partial charge on any atom is 0.133 e. The van der Waals surface area contributed by atoms with Crippen LogP contribution in [0, 0.1) is 0 Å². The van der Waals surface area contributed by atoms with Gasteiger partial charge in [0.05, 0.1) is 0 Å². The van der Waals surface area contributed by atoms with Gasteiger partial charge in [0.25, 0.3) is 0 Å². The highest BCUT2D eigenvalue weighted by Crippen LogP contribution is 2.21. The van der Waals surface area contributed by atoms with Gasteiger partial charge in [0.2, 0.25) is 0 Å². The molecule has 1 aliphatic rings. The van der Waals surface area contributed by atoms with Crippen molar-refractivity contribution in [3.8, 4) is 0 Å². The normalized spacial score (nSPS) is 24.3. The molecular formula is C6H9N3. The second-order valence-electron chi connectivity index (χ2n) is 2.54. The summed E-state index contributed by atoms with van der Waals surface area (Å²) in [5.74, 6) is 1.14. The Labute approximate surface area is 53.7 Å². The molecule has 1 atom stereocenters. The number of rotatable bonds is 0. The van der Waals surface area contributed by atoms with E-state index in [0.29, 0.717) is 6.04 Å². The molecule has 0 bridgehead atoms. The van der Waals surface area contributed by atoms with Gasteiger partial charge in [0, 0.05) is 12.5 Å². The van der Waals surface area contributed by atoms with Crippen molar-refractivity contribution in [2.24, 2.45) is 0 Å². The number of hydrogen-bond donors (Lipinski definition) is 0. The monoisotopic (exact) mass is 123 g/mol. The molecule has 0 aliphatic carbocycles. The SMILES string of the molecule is CC1CCc2nncn21. The Morgan fingerprint density at radius 1 is 1.78 bits per heavy atom. The molecule has 1 aromatic rings. The fraction of sp³-hybridized carbons (Fsp3) is 0.667. The van der Waals surface area contributed by atoms with Crippen LogP contribution in [0.25, 0.3) is 0 Å². The van der Waals surface area contributed by atoms with E-state index in [1.807, 2.05) is 6.33 Å². The van der Waals surface area contributed by atoms with Gasteiger partial charge >= 0.3 is 0 Å². The third-order valence-electron chi connectivity index (χ3n) is 1.91. The van der Waals surface area contributed by atoms with E-state index >= 15 is 0 Å². The van der Waals surface area contributed by atoms with Crippen molar-refractivity contribution >= 4 is 0 Å². The summed E-state index contributed by atoms with van der Waals surface area (Å²) < 4.78 is 2.14. The molecule has 1 aromatic heterocycles. The van der Waals surface area contributed by atoms with Crippen molar-refractivity contribution in [2.75, 3.05) is 0 Å². The van der Waals surface area contributed by atoms with Gasteiger partial charge in [-0.1, -0.05) is 0 Å². The van der Waals surface area contributed by atoms with E-state index in [-0.39, 0.29) is 0 Å². The molecule has 3 nitrogen and oxygen atoms in total. The third kappa shape index (κ3) is 0.573. The summed E-state index contributed by atoms with van der Waals surface area (Å²) in [5.41, 5.74) is 0. The number of nitrogens with zero attached hydrogens (tertiary/aromatic N) is 3. The Hall–Kier alpha value is -0.860. The Morgan fingerprint density at radius 2 is 2.67 bits per heavy atom. The molecule has 48 valence electrons. The summed E-state index contributed by atoms with van der Waals surface area (Å²) in [4.78, 5) is 0. The highest BCUT2D eigenvalue weighted by Gasteiger charge is 2.17. The van der Waals surface area contributed by atoms with Gasteiger partial charge in [0.15, 0.2) is 0 Å². The molecule has 0 N–H and O–H groups in total. The molecule has 0 radical (unpaired) electrons. The lowest BCUT2D eigenvalue weighted by Gasteiger charge is -2.00. The first-order chi connectivity index (χ1) is 4.38. The molecule has 0 fully saturated rings. The van der Waals surface area contributed by atoms with Crippen LogP contribution < -0.4 is 0 Å². The van der Waals surface area contributed by atoms with E-state index in [9.17, 15) is 0 Å². The number of aromatic nitrogens is 3. The smallest absolute Gasteiger partial charge is 0.133 e. The molecule has 0 saturated carbocycles. The van der Waals surface area contributed by atoms with Gasteiger partial charge in [-0.15, -0.1) is 10.2 Å². The van der Waals surface area contributed by atoms with Crippen LogP contribution in [0.5, 0.6) is 0 Å². The number of hydrogen-bond acceptors (Lipinski definition) is 2. The zero-order valence-corrected chi connectivity index (χ0v) is 5.41. The number of aryl methyl sites for hydroxylation is 1. The first kappa shape index (κ1) is 4.97. The van der Waals surface area contributed by atoms with Gasteiger partial charge in [0.1, 0.15) is 12.2 Å². The first-order valence-corrected chi connectivity index (χ1v) is 3.26. The van der Waals surface area contributed by atoms with Gasteiger partial charge < -0.3 is 4.57 Å². The lowest BCUT2D eigenvalue weighted by Crippen LogP contribution is -1.95. The van der Waals surface area contributed by atoms with E-state index in [2.05, 4.69) is 21.7 Å².